The number of fused-ring (bicyclic) bond motifs is 1. The number of methoxy groups -OCH3 is 1. The first kappa shape index (κ1) is 19.7. The fourth-order valence-electron chi connectivity index (χ4n) is 2.53. The van der Waals surface area contributed by atoms with Crippen LogP contribution < -0.4 is 15.4 Å². The van der Waals surface area contributed by atoms with Crippen molar-refractivity contribution in [1.29, 1.82) is 0 Å². The van der Waals surface area contributed by atoms with Crippen LogP contribution in [-0.2, 0) is 14.3 Å². The molecule has 3 aromatic rings. The molecule has 1 unspecified atom stereocenters. The maximum atomic E-state index is 12.4. The van der Waals surface area contributed by atoms with Gasteiger partial charge in [0.15, 0.2) is 0 Å². The number of aromatic nitrogens is 2. The molecule has 1 atom stereocenters. The number of hydrogen-bond acceptors (Lipinski definition) is 8. The second-order valence-electron chi connectivity index (χ2n) is 6.26. The standard InChI is InChI=1S/C19H20N4O4S/c1-19(18(25)26-2,12-27-13-7-4-3-5-8-13)20-11-16(24)21-14-9-6-10-15-17(14)23-28-22-15/h3-10,20H,11-12H2,1-2H3,(H,21,24). The third-order valence-electron chi connectivity index (χ3n) is 4.11. The number of benzene rings is 2. The summed E-state index contributed by atoms with van der Waals surface area (Å²) in [6, 6.07) is 14.5. The third-order valence-corrected chi connectivity index (χ3v) is 4.65. The number of carbonyl (C=O) groups is 2. The predicted octanol–water partition coefficient (Wildman–Crippen LogP) is 2.23. The van der Waals surface area contributed by atoms with Gasteiger partial charge in [0.05, 0.1) is 31.1 Å². The van der Waals surface area contributed by atoms with Crippen LogP contribution in [-0.4, -0.2) is 46.4 Å². The van der Waals surface area contributed by atoms with Crippen molar-refractivity contribution in [3.8, 4) is 5.75 Å². The number of amides is 1. The van der Waals surface area contributed by atoms with Crippen LogP contribution in [0, 0.1) is 0 Å². The van der Waals surface area contributed by atoms with Gasteiger partial charge in [0.25, 0.3) is 0 Å². The number of nitrogens with one attached hydrogen (secondary N) is 2. The van der Waals surface area contributed by atoms with Crippen LogP contribution in [0.4, 0.5) is 5.69 Å². The number of anilines is 1. The number of rotatable bonds is 8. The Morgan fingerprint density at radius 3 is 2.64 bits per heavy atom. The molecule has 0 aliphatic rings. The molecule has 28 heavy (non-hydrogen) atoms. The van der Waals surface area contributed by atoms with Crippen LogP contribution in [0.2, 0.25) is 0 Å². The second-order valence-corrected chi connectivity index (χ2v) is 6.79. The van der Waals surface area contributed by atoms with Gasteiger partial charge in [-0.15, -0.1) is 0 Å². The maximum absolute atomic E-state index is 12.4. The van der Waals surface area contributed by atoms with E-state index in [1.54, 1.807) is 31.2 Å². The minimum Gasteiger partial charge on any atom is -0.491 e. The van der Waals surface area contributed by atoms with E-state index >= 15 is 0 Å². The van der Waals surface area contributed by atoms with E-state index in [2.05, 4.69) is 19.4 Å². The number of hydrogen-bond donors (Lipinski definition) is 2. The van der Waals surface area contributed by atoms with Gasteiger partial charge in [0, 0.05) is 0 Å². The molecule has 2 aromatic carbocycles. The summed E-state index contributed by atoms with van der Waals surface area (Å²) in [5, 5.41) is 5.72. The molecular weight excluding hydrogens is 380 g/mol. The van der Waals surface area contributed by atoms with Crippen molar-refractivity contribution in [3.05, 3.63) is 48.5 Å². The molecule has 0 bridgehead atoms. The largest absolute Gasteiger partial charge is 0.491 e. The summed E-state index contributed by atoms with van der Waals surface area (Å²) in [5.74, 6) is -0.232. The molecule has 146 valence electrons. The van der Waals surface area contributed by atoms with Gasteiger partial charge in [-0.1, -0.05) is 24.3 Å². The van der Waals surface area contributed by atoms with Crippen LogP contribution in [0.25, 0.3) is 11.0 Å². The summed E-state index contributed by atoms with van der Waals surface area (Å²) in [7, 11) is 1.29. The zero-order valence-corrected chi connectivity index (χ0v) is 16.3. The summed E-state index contributed by atoms with van der Waals surface area (Å²) in [4.78, 5) is 24.7. The molecule has 0 aliphatic heterocycles. The summed E-state index contributed by atoms with van der Waals surface area (Å²) < 4.78 is 18.9. The van der Waals surface area contributed by atoms with Gasteiger partial charge in [-0.2, -0.15) is 8.75 Å². The molecule has 0 radical (unpaired) electrons. The fourth-order valence-corrected chi connectivity index (χ4v) is 3.08. The molecule has 1 amide bonds. The first-order valence-corrected chi connectivity index (χ1v) is 9.27. The molecule has 0 spiro atoms. The van der Waals surface area contributed by atoms with Crippen LogP contribution >= 0.6 is 11.7 Å². The monoisotopic (exact) mass is 400 g/mol. The zero-order chi connectivity index (χ0) is 20.0. The lowest BCUT2D eigenvalue weighted by Crippen LogP contribution is -2.56. The van der Waals surface area contributed by atoms with Crippen molar-refractivity contribution in [3.63, 3.8) is 0 Å². The third kappa shape index (κ3) is 4.62. The Bertz CT molecular complexity index is 963. The van der Waals surface area contributed by atoms with Crippen LogP contribution in [0.15, 0.2) is 48.5 Å². The molecule has 1 heterocycles. The quantitative estimate of drug-likeness (QED) is 0.559. The molecule has 8 nitrogen and oxygen atoms in total. The molecule has 1 aromatic heterocycles. The van der Waals surface area contributed by atoms with E-state index < -0.39 is 11.5 Å². The first-order valence-electron chi connectivity index (χ1n) is 8.54. The Kier molecular flexibility index (Phi) is 6.17. The molecule has 3 rings (SSSR count). The highest BCUT2D eigenvalue weighted by molar-refractivity contribution is 7.00. The maximum Gasteiger partial charge on any atom is 0.329 e. The van der Waals surface area contributed by atoms with E-state index in [0.717, 1.165) is 11.7 Å². The van der Waals surface area contributed by atoms with E-state index in [1.165, 1.54) is 7.11 Å². The molecule has 0 aliphatic carbocycles. The van der Waals surface area contributed by atoms with Gasteiger partial charge < -0.3 is 14.8 Å². The van der Waals surface area contributed by atoms with Crippen LogP contribution in [0.3, 0.4) is 0 Å². The normalized spacial score (nSPS) is 12.9. The highest BCUT2D eigenvalue weighted by Crippen LogP contribution is 2.21. The molecule has 9 heteroatoms. The summed E-state index contributed by atoms with van der Waals surface area (Å²) in [6.07, 6.45) is 0. The SMILES string of the molecule is COC(=O)C(C)(COc1ccccc1)NCC(=O)Nc1cccc2nsnc12. The zero-order valence-electron chi connectivity index (χ0n) is 15.5. The summed E-state index contributed by atoms with van der Waals surface area (Å²) >= 11 is 1.08. The highest BCUT2D eigenvalue weighted by Gasteiger charge is 2.35. The Morgan fingerprint density at radius 2 is 1.89 bits per heavy atom. The lowest BCUT2D eigenvalue weighted by Gasteiger charge is -2.27. The number of para-hydroxylation sites is 1. The first-order chi connectivity index (χ1) is 13.5. The summed E-state index contributed by atoms with van der Waals surface area (Å²) in [6.45, 7) is 1.51. The second kappa shape index (κ2) is 8.77. The smallest absolute Gasteiger partial charge is 0.329 e. The minimum absolute atomic E-state index is 0.00253. The lowest BCUT2D eigenvalue weighted by atomic mass is 10.0. The van der Waals surface area contributed by atoms with E-state index in [1.807, 2.05) is 24.3 Å². The van der Waals surface area contributed by atoms with Crippen LogP contribution in [0.5, 0.6) is 5.75 Å². The van der Waals surface area contributed by atoms with Gasteiger partial charge in [0.2, 0.25) is 5.91 Å². The van der Waals surface area contributed by atoms with E-state index in [0.29, 0.717) is 22.5 Å². The number of ether oxygens (including phenoxy) is 2. The van der Waals surface area contributed by atoms with Gasteiger partial charge in [-0.3, -0.25) is 10.1 Å². The Hall–Kier alpha value is -3.04. The van der Waals surface area contributed by atoms with Crippen molar-refractivity contribution >= 4 is 40.3 Å². The molecule has 0 fully saturated rings. The van der Waals surface area contributed by atoms with Gasteiger partial charge in [-0.05, 0) is 31.2 Å². The molecule has 0 saturated heterocycles. The van der Waals surface area contributed by atoms with Crippen molar-refractivity contribution in [2.45, 2.75) is 12.5 Å². The van der Waals surface area contributed by atoms with Gasteiger partial charge in [-0.25, -0.2) is 4.79 Å². The average molecular weight is 400 g/mol. The predicted molar refractivity (Wildman–Crippen MR) is 106 cm³/mol. The average Bonchev–Trinajstić information content (AvgIpc) is 3.21. The Balaban J connectivity index is 1.63. The fraction of sp³-hybridized carbons (Fsp3) is 0.263. The van der Waals surface area contributed by atoms with E-state index in [-0.39, 0.29) is 19.1 Å². The van der Waals surface area contributed by atoms with Crippen molar-refractivity contribution in [2.75, 3.05) is 25.6 Å². The van der Waals surface area contributed by atoms with Crippen molar-refractivity contribution in [2.24, 2.45) is 0 Å². The van der Waals surface area contributed by atoms with Crippen molar-refractivity contribution in [1.82, 2.24) is 14.1 Å². The Labute approximate surface area is 166 Å². The Morgan fingerprint density at radius 1 is 1.11 bits per heavy atom. The topological polar surface area (TPSA) is 102 Å². The van der Waals surface area contributed by atoms with Crippen molar-refractivity contribution < 1.29 is 19.1 Å². The number of esters is 1. The van der Waals surface area contributed by atoms with E-state index in [4.69, 9.17) is 9.47 Å². The highest BCUT2D eigenvalue weighted by atomic mass is 32.1. The van der Waals surface area contributed by atoms with E-state index in [9.17, 15) is 9.59 Å². The van der Waals surface area contributed by atoms with Crippen LogP contribution in [0.1, 0.15) is 6.92 Å². The molecule has 0 saturated carbocycles. The van der Waals surface area contributed by atoms with Gasteiger partial charge in [0.1, 0.15) is 28.9 Å². The minimum atomic E-state index is -1.20. The molecular formula is C19H20N4O4S. The number of carbonyl (C=O) groups excluding carboxylic acids is 2. The molecule has 2 N–H and O–H groups in total. The lowest BCUT2D eigenvalue weighted by molar-refractivity contribution is -0.149. The van der Waals surface area contributed by atoms with Gasteiger partial charge >= 0.3 is 5.97 Å². The summed E-state index contributed by atoms with van der Waals surface area (Å²) in [5.41, 5.74) is 0.713. The number of nitrogens with zero attached hydrogens (tertiary/aromatic N) is 2.